The Morgan fingerprint density at radius 2 is 2.03 bits per heavy atom. The van der Waals surface area contributed by atoms with Crippen LogP contribution in [0.4, 0.5) is 4.39 Å². The molecule has 8 heteroatoms. The summed E-state index contributed by atoms with van der Waals surface area (Å²) in [6, 6.07) is 13.5. The molecule has 4 rings (SSSR count). The zero-order valence-electron chi connectivity index (χ0n) is 17.0. The number of guanidine groups is 1. The number of amides is 1. The smallest absolute Gasteiger partial charge is 0.239 e. The maximum atomic E-state index is 14.0. The number of carbonyl (C=O) groups is 1. The summed E-state index contributed by atoms with van der Waals surface area (Å²) in [6.45, 7) is 1.47. The van der Waals surface area contributed by atoms with Gasteiger partial charge in [-0.15, -0.1) is 6.42 Å². The molecule has 0 aromatic heterocycles. The predicted octanol–water partition coefficient (Wildman–Crippen LogP) is 3.91. The van der Waals surface area contributed by atoms with Crippen molar-refractivity contribution in [3.8, 4) is 12.3 Å². The SMILES string of the molecule is C#CC1(c2ccc([C@H]3C(=O)N(CN=[N+]=[N-])C(N)=N[C@]3(C)c3cccc(F)c3)cc2)CC1. The highest BCUT2D eigenvalue weighted by Crippen LogP contribution is 2.49. The van der Waals surface area contributed by atoms with E-state index in [0.29, 0.717) is 11.1 Å². The summed E-state index contributed by atoms with van der Waals surface area (Å²) in [4.78, 5) is 22.0. The van der Waals surface area contributed by atoms with Gasteiger partial charge < -0.3 is 5.73 Å². The monoisotopic (exact) mass is 416 g/mol. The van der Waals surface area contributed by atoms with Crippen LogP contribution < -0.4 is 5.73 Å². The van der Waals surface area contributed by atoms with Gasteiger partial charge in [0.1, 0.15) is 18.0 Å². The van der Waals surface area contributed by atoms with Crippen LogP contribution in [0.1, 0.15) is 42.4 Å². The van der Waals surface area contributed by atoms with Crippen molar-refractivity contribution >= 4 is 11.9 Å². The first-order valence-electron chi connectivity index (χ1n) is 9.86. The minimum atomic E-state index is -1.15. The van der Waals surface area contributed by atoms with Crippen LogP contribution in [-0.2, 0) is 15.7 Å². The molecule has 2 N–H and O–H groups in total. The van der Waals surface area contributed by atoms with Crippen LogP contribution in [-0.4, -0.2) is 23.4 Å². The van der Waals surface area contributed by atoms with Crippen LogP contribution in [0.3, 0.4) is 0 Å². The van der Waals surface area contributed by atoms with E-state index in [9.17, 15) is 9.18 Å². The third kappa shape index (κ3) is 3.39. The molecule has 2 aromatic carbocycles. The lowest BCUT2D eigenvalue weighted by molar-refractivity contribution is -0.131. The number of carbonyl (C=O) groups excluding carboxylic acids is 1. The van der Waals surface area contributed by atoms with Gasteiger partial charge in [0.2, 0.25) is 5.91 Å². The third-order valence-corrected chi connectivity index (χ3v) is 6.20. The van der Waals surface area contributed by atoms with Crippen LogP contribution in [0.25, 0.3) is 10.4 Å². The lowest BCUT2D eigenvalue weighted by Gasteiger charge is -2.41. The average molecular weight is 416 g/mol. The van der Waals surface area contributed by atoms with Crippen LogP contribution in [0.2, 0.25) is 0 Å². The van der Waals surface area contributed by atoms with Crippen molar-refractivity contribution in [2.45, 2.75) is 36.6 Å². The van der Waals surface area contributed by atoms with Crippen LogP contribution in [0.5, 0.6) is 0 Å². The average Bonchev–Trinajstić information content (AvgIpc) is 3.55. The van der Waals surface area contributed by atoms with Crippen molar-refractivity contribution in [3.63, 3.8) is 0 Å². The zero-order chi connectivity index (χ0) is 22.2. The first kappa shape index (κ1) is 20.5. The third-order valence-electron chi connectivity index (χ3n) is 6.20. The Labute approximate surface area is 179 Å². The molecule has 2 aromatic rings. The van der Waals surface area contributed by atoms with E-state index in [0.717, 1.165) is 23.3 Å². The van der Waals surface area contributed by atoms with Gasteiger partial charge in [0, 0.05) is 4.91 Å². The van der Waals surface area contributed by atoms with Gasteiger partial charge >= 0.3 is 0 Å². The Kier molecular flexibility index (Phi) is 4.92. The fourth-order valence-corrected chi connectivity index (χ4v) is 4.24. The standard InChI is InChI=1S/C23H21FN6O/c1-3-23(11-12-23)16-9-7-15(8-10-16)19-20(31)30(14-27-29-26)21(25)28-22(19,2)17-5-4-6-18(24)13-17/h1,4-10,13,19H,11-12,14H2,2H3,(H2,25,28)/t19-,22+/m0/s1. The Morgan fingerprint density at radius 1 is 1.32 bits per heavy atom. The van der Waals surface area contributed by atoms with Crippen molar-refractivity contribution < 1.29 is 9.18 Å². The van der Waals surface area contributed by atoms with Gasteiger partial charge in [0.25, 0.3) is 0 Å². The minimum Gasteiger partial charge on any atom is -0.369 e. The highest BCUT2D eigenvalue weighted by Gasteiger charge is 2.48. The number of azide groups is 1. The molecule has 0 radical (unpaired) electrons. The Bertz CT molecular complexity index is 1160. The van der Waals surface area contributed by atoms with Crippen LogP contribution in [0, 0.1) is 18.2 Å². The van der Waals surface area contributed by atoms with E-state index in [1.165, 1.54) is 12.1 Å². The van der Waals surface area contributed by atoms with E-state index in [-0.39, 0.29) is 24.0 Å². The summed E-state index contributed by atoms with van der Waals surface area (Å²) in [5.74, 6) is 1.16. The van der Waals surface area contributed by atoms with Gasteiger partial charge in [-0.3, -0.25) is 9.69 Å². The molecule has 0 bridgehead atoms. The number of nitrogens with two attached hydrogens (primary N) is 1. The fraction of sp³-hybridized carbons (Fsp3) is 0.304. The van der Waals surface area contributed by atoms with Crippen molar-refractivity contribution in [1.82, 2.24) is 4.90 Å². The van der Waals surface area contributed by atoms with Crippen LogP contribution in [0.15, 0.2) is 58.6 Å². The van der Waals surface area contributed by atoms with Gasteiger partial charge in [-0.1, -0.05) is 47.4 Å². The number of hydrogen-bond acceptors (Lipinski definition) is 4. The van der Waals surface area contributed by atoms with E-state index < -0.39 is 17.3 Å². The van der Waals surface area contributed by atoms with Crippen molar-refractivity contribution in [2.75, 3.05) is 6.67 Å². The van der Waals surface area contributed by atoms with Crippen LogP contribution >= 0.6 is 0 Å². The summed E-state index contributed by atoms with van der Waals surface area (Å²) in [6.07, 6.45) is 7.57. The molecule has 1 fully saturated rings. The molecule has 1 aliphatic heterocycles. The van der Waals surface area contributed by atoms with E-state index in [4.69, 9.17) is 17.7 Å². The zero-order valence-corrected chi connectivity index (χ0v) is 17.0. The number of aliphatic imine (C=N–C) groups is 1. The Balaban J connectivity index is 1.84. The van der Waals surface area contributed by atoms with Gasteiger partial charge in [0.05, 0.1) is 11.3 Å². The number of halogens is 1. The van der Waals surface area contributed by atoms with E-state index in [2.05, 4.69) is 20.9 Å². The van der Waals surface area contributed by atoms with Gasteiger partial charge in [-0.2, -0.15) is 0 Å². The van der Waals surface area contributed by atoms with Crippen molar-refractivity contribution in [1.29, 1.82) is 0 Å². The molecule has 0 spiro atoms. The Hall–Kier alpha value is -3.82. The van der Waals surface area contributed by atoms with Gasteiger partial charge in [-0.05, 0) is 54.1 Å². The van der Waals surface area contributed by atoms with Gasteiger partial charge in [-0.25, -0.2) is 9.38 Å². The van der Waals surface area contributed by atoms with Gasteiger partial charge in [0.15, 0.2) is 5.96 Å². The quantitative estimate of drug-likeness (QED) is 0.345. The summed E-state index contributed by atoms with van der Waals surface area (Å²) in [5, 5.41) is 3.47. The molecule has 1 amide bonds. The van der Waals surface area contributed by atoms with E-state index in [1.54, 1.807) is 19.1 Å². The second-order valence-corrected chi connectivity index (χ2v) is 8.05. The lowest BCUT2D eigenvalue weighted by atomic mass is 9.74. The second kappa shape index (κ2) is 7.46. The maximum absolute atomic E-state index is 14.0. The van der Waals surface area contributed by atoms with E-state index >= 15 is 0 Å². The minimum absolute atomic E-state index is 0.0821. The fourth-order valence-electron chi connectivity index (χ4n) is 4.24. The molecule has 2 aliphatic rings. The predicted molar refractivity (Wildman–Crippen MR) is 115 cm³/mol. The molecular formula is C23H21FN6O. The molecule has 1 aliphatic carbocycles. The van der Waals surface area contributed by atoms with Crippen molar-refractivity contribution in [2.24, 2.45) is 15.8 Å². The molecule has 1 saturated carbocycles. The highest BCUT2D eigenvalue weighted by atomic mass is 19.1. The largest absolute Gasteiger partial charge is 0.369 e. The molecule has 0 saturated heterocycles. The summed E-state index contributed by atoms with van der Waals surface area (Å²) >= 11 is 0. The molecule has 2 atom stereocenters. The number of nitrogens with zero attached hydrogens (tertiary/aromatic N) is 5. The molecule has 1 heterocycles. The normalized spacial score (nSPS) is 24.0. The molecule has 31 heavy (non-hydrogen) atoms. The topological polar surface area (TPSA) is 107 Å². The number of benzene rings is 2. The number of terminal acetylenes is 1. The molecule has 7 nitrogen and oxygen atoms in total. The lowest BCUT2D eigenvalue weighted by Crippen LogP contribution is -2.54. The maximum Gasteiger partial charge on any atom is 0.239 e. The second-order valence-electron chi connectivity index (χ2n) is 8.05. The summed E-state index contributed by atoms with van der Waals surface area (Å²) < 4.78 is 14.0. The molecule has 156 valence electrons. The Morgan fingerprint density at radius 3 is 2.61 bits per heavy atom. The van der Waals surface area contributed by atoms with Crippen molar-refractivity contribution in [3.05, 3.63) is 81.5 Å². The first-order valence-corrected chi connectivity index (χ1v) is 9.86. The molecule has 0 unspecified atom stereocenters. The highest BCUT2D eigenvalue weighted by molar-refractivity contribution is 6.02. The van der Waals surface area contributed by atoms with E-state index in [1.807, 2.05) is 24.3 Å². The summed E-state index contributed by atoms with van der Waals surface area (Å²) in [5.41, 5.74) is 15.6. The first-order chi connectivity index (χ1) is 14.8. The molecular weight excluding hydrogens is 395 g/mol. The number of rotatable bonds is 5. The summed E-state index contributed by atoms with van der Waals surface area (Å²) in [7, 11) is 0. The number of hydrogen-bond donors (Lipinski definition) is 1.